The average molecular weight is 475 g/mol. The van der Waals surface area contributed by atoms with Crippen LogP contribution in [-0.4, -0.2) is 123 Å². The zero-order valence-corrected chi connectivity index (χ0v) is 18.7. The molecule has 0 amide bonds. The van der Waals surface area contributed by atoms with Gasteiger partial charge in [-0.2, -0.15) is 8.42 Å². The minimum atomic E-state index is -3.52. The van der Waals surface area contributed by atoms with Crippen LogP contribution >= 0.6 is 0 Å². The predicted molar refractivity (Wildman–Crippen MR) is 139 cm³/mol. The SMILES string of the molecule is [CH2]C(CNC)S(=O)(=O)OCCCCCCCC/C=C\CCCCCCCC.[NaH].[NaH].[NaH]. The Balaban J connectivity index is -0.00000113. The first-order chi connectivity index (χ1) is 13.0. The van der Waals surface area contributed by atoms with E-state index in [9.17, 15) is 8.42 Å². The fraction of sp³-hybridized carbons (Fsp3) is 0.864. The molecular weight excluding hydrogens is 427 g/mol. The number of nitrogens with one attached hydrogen (secondary N) is 1. The van der Waals surface area contributed by atoms with Crippen molar-refractivity contribution in [3.05, 3.63) is 19.1 Å². The van der Waals surface area contributed by atoms with E-state index in [1.165, 1.54) is 70.6 Å². The summed E-state index contributed by atoms with van der Waals surface area (Å²) in [4.78, 5) is 0. The predicted octanol–water partition coefficient (Wildman–Crippen LogP) is 3.85. The van der Waals surface area contributed by atoms with Crippen molar-refractivity contribution in [3.8, 4) is 0 Å². The van der Waals surface area contributed by atoms with E-state index in [1.54, 1.807) is 7.05 Å². The van der Waals surface area contributed by atoms with E-state index in [-0.39, 0.29) is 95.3 Å². The van der Waals surface area contributed by atoms with Crippen LogP contribution in [0, 0.1) is 6.92 Å². The zero-order valence-electron chi connectivity index (χ0n) is 17.9. The summed E-state index contributed by atoms with van der Waals surface area (Å²) in [5.74, 6) is 0. The molecule has 30 heavy (non-hydrogen) atoms. The van der Waals surface area contributed by atoms with Gasteiger partial charge in [0, 0.05) is 6.54 Å². The van der Waals surface area contributed by atoms with Gasteiger partial charge in [0.15, 0.2) is 0 Å². The number of unbranched alkanes of at least 4 members (excludes halogenated alkanes) is 12. The first-order valence-electron chi connectivity index (χ1n) is 11.1. The monoisotopic (exact) mass is 474 g/mol. The molecule has 8 heteroatoms. The van der Waals surface area contributed by atoms with E-state index in [0.717, 1.165) is 19.3 Å². The van der Waals surface area contributed by atoms with Crippen molar-refractivity contribution in [1.82, 2.24) is 5.32 Å². The first kappa shape index (κ1) is 39.8. The second kappa shape index (κ2) is 29.6. The van der Waals surface area contributed by atoms with Gasteiger partial charge in [0.25, 0.3) is 10.1 Å². The standard InChI is InChI=1S/C22H44NO3S.3Na.3H/c1-4-5-6-7-8-9-10-11-12-13-14-15-16-17-18-19-20-26-27(24,25)22(2)21-23-3;;;;;;/h11-12,22-23H,2,4-10,13-21H2,1,3H3;;;;;;/b12-11-;;;;;;. The summed E-state index contributed by atoms with van der Waals surface area (Å²) in [6.45, 7) is 6.47. The van der Waals surface area contributed by atoms with Crippen LogP contribution in [0.4, 0.5) is 0 Å². The Morgan fingerprint density at radius 1 is 0.800 bits per heavy atom. The molecule has 1 atom stereocenters. The van der Waals surface area contributed by atoms with Crippen LogP contribution < -0.4 is 5.32 Å². The van der Waals surface area contributed by atoms with Gasteiger partial charge < -0.3 is 5.32 Å². The molecule has 0 saturated heterocycles. The molecule has 4 nitrogen and oxygen atoms in total. The second-order valence-corrected chi connectivity index (χ2v) is 9.32. The molecule has 0 aliphatic heterocycles. The number of rotatable bonds is 20. The van der Waals surface area contributed by atoms with E-state index in [2.05, 4.69) is 31.3 Å². The van der Waals surface area contributed by atoms with E-state index in [1.807, 2.05) is 0 Å². The molecule has 0 aromatic heterocycles. The molecule has 1 unspecified atom stereocenters. The van der Waals surface area contributed by atoms with Crippen molar-refractivity contribution in [2.24, 2.45) is 0 Å². The first-order valence-corrected chi connectivity index (χ1v) is 12.5. The van der Waals surface area contributed by atoms with Gasteiger partial charge in [-0.15, -0.1) is 0 Å². The Labute approximate surface area is 254 Å². The van der Waals surface area contributed by atoms with Gasteiger partial charge in [0.2, 0.25) is 0 Å². The number of allylic oxidation sites excluding steroid dienone is 2. The quantitative estimate of drug-likeness (QED) is 0.126. The molecule has 0 aromatic rings. The van der Waals surface area contributed by atoms with Crippen LogP contribution in [-0.2, 0) is 14.3 Å². The molecule has 0 aliphatic carbocycles. The minimum absolute atomic E-state index is 0. The molecule has 1 radical (unpaired) electrons. The Kier molecular flexibility index (Phi) is 39.3. The van der Waals surface area contributed by atoms with E-state index >= 15 is 0 Å². The summed E-state index contributed by atoms with van der Waals surface area (Å²) in [5.41, 5.74) is 0. The Morgan fingerprint density at radius 3 is 1.70 bits per heavy atom. The molecule has 167 valence electrons. The maximum absolute atomic E-state index is 11.7. The molecule has 0 rings (SSSR count). The normalized spacial score (nSPS) is 12.1. The van der Waals surface area contributed by atoms with Gasteiger partial charge in [0.05, 0.1) is 11.9 Å². The average Bonchev–Trinajstić information content (AvgIpc) is 2.64. The third-order valence-electron chi connectivity index (χ3n) is 4.74. The maximum atomic E-state index is 11.7. The van der Waals surface area contributed by atoms with Crippen molar-refractivity contribution in [3.63, 3.8) is 0 Å². The van der Waals surface area contributed by atoms with Gasteiger partial charge >= 0.3 is 88.7 Å². The Hall–Kier alpha value is 2.61. The van der Waals surface area contributed by atoms with Gasteiger partial charge in [0.1, 0.15) is 0 Å². The molecular formula is C22H47NNa3O3S. The molecule has 0 spiro atoms. The van der Waals surface area contributed by atoms with E-state index in [4.69, 9.17) is 4.18 Å². The van der Waals surface area contributed by atoms with Crippen LogP contribution in [0.5, 0.6) is 0 Å². The van der Waals surface area contributed by atoms with E-state index < -0.39 is 15.4 Å². The molecule has 0 bridgehead atoms. The van der Waals surface area contributed by atoms with Crippen LogP contribution in [0.25, 0.3) is 0 Å². The Bertz CT molecular complexity index is 449. The van der Waals surface area contributed by atoms with Gasteiger partial charge in [-0.05, 0) is 46.1 Å². The van der Waals surface area contributed by atoms with E-state index in [0.29, 0.717) is 6.54 Å². The summed E-state index contributed by atoms with van der Waals surface area (Å²) in [6.07, 6.45) is 22.0. The van der Waals surface area contributed by atoms with Crippen LogP contribution in [0.2, 0.25) is 0 Å². The van der Waals surface area contributed by atoms with Crippen LogP contribution in [0.1, 0.15) is 96.8 Å². The zero-order chi connectivity index (χ0) is 20.2. The van der Waals surface area contributed by atoms with Gasteiger partial charge in [-0.1, -0.05) is 76.9 Å². The topological polar surface area (TPSA) is 55.4 Å². The molecule has 0 fully saturated rings. The molecule has 0 heterocycles. The molecule has 0 aliphatic rings. The summed E-state index contributed by atoms with van der Waals surface area (Å²) < 4.78 is 28.5. The van der Waals surface area contributed by atoms with Crippen LogP contribution in [0.15, 0.2) is 12.2 Å². The summed E-state index contributed by atoms with van der Waals surface area (Å²) in [7, 11) is -1.82. The fourth-order valence-corrected chi connectivity index (χ4v) is 3.86. The van der Waals surface area contributed by atoms with Crippen LogP contribution in [0.3, 0.4) is 0 Å². The molecule has 0 aromatic carbocycles. The van der Waals surface area contributed by atoms with Crippen molar-refractivity contribution in [1.29, 1.82) is 0 Å². The summed E-state index contributed by atoms with van der Waals surface area (Å²) >= 11 is 0. The Morgan fingerprint density at radius 2 is 1.23 bits per heavy atom. The van der Waals surface area contributed by atoms with Crippen molar-refractivity contribution >= 4 is 98.8 Å². The fourth-order valence-electron chi connectivity index (χ4n) is 2.95. The molecule has 1 N–H and O–H groups in total. The summed E-state index contributed by atoms with van der Waals surface area (Å²) in [5, 5.41) is 2.07. The second-order valence-electron chi connectivity index (χ2n) is 7.43. The number of hydrogen-bond donors (Lipinski definition) is 1. The third-order valence-corrected chi connectivity index (χ3v) is 6.22. The third kappa shape index (κ3) is 26.9. The summed E-state index contributed by atoms with van der Waals surface area (Å²) in [6, 6.07) is 0. The van der Waals surface area contributed by atoms with Gasteiger partial charge in [-0.3, -0.25) is 4.18 Å². The van der Waals surface area contributed by atoms with Crippen molar-refractivity contribution < 1.29 is 12.6 Å². The van der Waals surface area contributed by atoms with Gasteiger partial charge in [-0.25, -0.2) is 0 Å². The van der Waals surface area contributed by atoms with Crippen molar-refractivity contribution in [2.75, 3.05) is 20.2 Å². The number of hydrogen-bond acceptors (Lipinski definition) is 4. The van der Waals surface area contributed by atoms with Crippen molar-refractivity contribution in [2.45, 2.75) is 102 Å². The molecule has 0 saturated carbocycles.